The van der Waals surface area contributed by atoms with Crippen LogP contribution in [0, 0.1) is 0 Å². The van der Waals surface area contributed by atoms with Gasteiger partial charge in [-0.05, 0) is 6.92 Å². The number of rotatable bonds is 4. The van der Waals surface area contributed by atoms with Gasteiger partial charge in [0.25, 0.3) is 0 Å². The summed E-state index contributed by atoms with van der Waals surface area (Å²) in [4.78, 5) is 19.4. The smallest absolute Gasteiger partial charge is 0.409 e. The molecule has 1 heterocycles. The highest BCUT2D eigenvalue weighted by Gasteiger charge is 2.23. The van der Waals surface area contributed by atoms with E-state index >= 15 is 0 Å². The molecule has 1 aliphatic heterocycles. The maximum absolute atomic E-state index is 11.6. The van der Waals surface area contributed by atoms with Crippen LogP contribution in [-0.4, -0.2) is 88.7 Å². The number of guanidine groups is 1. The predicted octanol–water partition coefficient (Wildman–Crippen LogP) is -0.00150. The van der Waals surface area contributed by atoms with Crippen LogP contribution in [0.25, 0.3) is 0 Å². The van der Waals surface area contributed by atoms with Gasteiger partial charge in [0.15, 0.2) is 5.96 Å². The van der Waals surface area contributed by atoms with Crippen molar-refractivity contribution in [3.8, 4) is 0 Å². The Balaban J connectivity index is 0.00000441. The summed E-state index contributed by atoms with van der Waals surface area (Å²) in [6, 6.07) is 0. The standard InChI is InChI=1S/C12H24N4O4S.HI/c1-4-20-12(17)16-8-6-15(7-9-16)11(13-2)14-5-10-21(3,18)19;/h4-10H2,1-3H3,(H,13,14);1H. The van der Waals surface area contributed by atoms with Crippen LogP contribution in [0.15, 0.2) is 4.99 Å². The van der Waals surface area contributed by atoms with Gasteiger partial charge in [-0.2, -0.15) is 0 Å². The van der Waals surface area contributed by atoms with Gasteiger partial charge in [-0.3, -0.25) is 4.99 Å². The zero-order valence-corrected chi connectivity index (χ0v) is 16.4. The Morgan fingerprint density at radius 2 is 1.77 bits per heavy atom. The SMILES string of the molecule is CCOC(=O)N1CCN(C(=NC)NCCS(C)(=O)=O)CC1.I. The molecule has 0 radical (unpaired) electrons. The molecule has 1 saturated heterocycles. The van der Waals surface area contributed by atoms with Crippen LogP contribution < -0.4 is 5.32 Å². The average molecular weight is 448 g/mol. The second-order valence-electron chi connectivity index (χ2n) is 4.78. The quantitative estimate of drug-likeness (QED) is 0.370. The first kappa shape index (κ1) is 21.2. The molecule has 1 fully saturated rings. The van der Waals surface area contributed by atoms with E-state index < -0.39 is 9.84 Å². The fourth-order valence-electron chi connectivity index (χ4n) is 2.00. The minimum absolute atomic E-state index is 0. The van der Waals surface area contributed by atoms with Crippen LogP contribution in [0.3, 0.4) is 0 Å². The van der Waals surface area contributed by atoms with E-state index in [-0.39, 0.29) is 35.8 Å². The van der Waals surface area contributed by atoms with Gasteiger partial charge in [-0.25, -0.2) is 13.2 Å². The molecule has 0 aromatic carbocycles. The molecule has 0 unspecified atom stereocenters. The third-order valence-corrected chi connectivity index (χ3v) is 4.02. The van der Waals surface area contributed by atoms with E-state index in [1.54, 1.807) is 18.9 Å². The number of amides is 1. The van der Waals surface area contributed by atoms with Gasteiger partial charge in [-0.1, -0.05) is 0 Å². The highest BCUT2D eigenvalue weighted by atomic mass is 127. The molecule has 130 valence electrons. The number of sulfone groups is 1. The maximum atomic E-state index is 11.6. The van der Waals surface area contributed by atoms with Crippen molar-refractivity contribution < 1.29 is 17.9 Å². The first-order chi connectivity index (χ1) is 9.87. The lowest BCUT2D eigenvalue weighted by Crippen LogP contribution is -2.54. The largest absolute Gasteiger partial charge is 0.450 e. The van der Waals surface area contributed by atoms with E-state index in [9.17, 15) is 13.2 Å². The molecule has 0 bridgehead atoms. The van der Waals surface area contributed by atoms with Crippen molar-refractivity contribution in [3.05, 3.63) is 0 Å². The Morgan fingerprint density at radius 1 is 1.23 bits per heavy atom. The highest BCUT2D eigenvalue weighted by molar-refractivity contribution is 14.0. The summed E-state index contributed by atoms with van der Waals surface area (Å²) in [5, 5.41) is 3.03. The number of halogens is 1. The van der Waals surface area contributed by atoms with Crippen LogP contribution in [-0.2, 0) is 14.6 Å². The summed E-state index contributed by atoms with van der Waals surface area (Å²) >= 11 is 0. The van der Waals surface area contributed by atoms with Crippen molar-refractivity contribution in [2.24, 2.45) is 4.99 Å². The summed E-state index contributed by atoms with van der Waals surface area (Å²) in [7, 11) is -1.34. The molecule has 0 aliphatic carbocycles. The molecule has 1 rings (SSSR count). The number of aliphatic imine (C=N–C) groups is 1. The zero-order chi connectivity index (χ0) is 15.9. The molecule has 22 heavy (non-hydrogen) atoms. The van der Waals surface area contributed by atoms with E-state index in [1.807, 2.05) is 4.90 Å². The van der Waals surface area contributed by atoms with E-state index in [4.69, 9.17) is 4.74 Å². The van der Waals surface area contributed by atoms with Gasteiger partial charge in [0, 0.05) is 46.0 Å². The molecule has 0 aromatic heterocycles. The molecule has 0 spiro atoms. The Morgan fingerprint density at radius 3 is 2.23 bits per heavy atom. The molecule has 1 N–H and O–H groups in total. The van der Waals surface area contributed by atoms with Crippen molar-refractivity contribution in [3.63, 3.8) is 0 Å². The Hall–Kier alpha value is -0.780. The second kappa shape index (κ2) is 10.1. The van der Waals surface area contributed by atoms with Crippen molar-refractivity contribution in [1.82, 2.24) is 15.1 Å². The minimum Gasteiger partial charge on any atom is -0.450 e. The lowest BCUT2D eigenvalue weighted by molar-refractivity contribution is 0.0915. The maximum Gasteiger partial charge on any atom is 0.409 e. The number of hydrogen-bond acceptors (Lipinski definition) is 5. The first-order valence-electron chi connectivity index (χ1n) is 6.92. The van der Waals surface area contributed by atoms with Gasteiger partial charge in [0.1, 0.15) is 9.84 Å². The van der Waals surface area contributed by atoms with E-state index in [2.05, 4.69) is 10.3 Å². The van der Waals surface area contributed by atoms with E-state index in [1.165, 1.54) is 6.26 Å². The molecular formula is C12H25IN4O4S. The fourth-order valence-corrected chi connectivity index (χ4v) is 2.47. The number of carbonyl (C=O) groups is 1. The van der Waals surface area contributed by atoms with Crippen molar-refractivity contribution in [1.29, 1.82) is 0 Å². The monoisotopic (exact) mass is 448 g/mol. The molecule has 0 atom stereocenters. The van der Waals surface area contributed by atoms with Gasteiger partial charge in [0.2, 0.25) is 0 Å². The third-order valence-electron chi connectivity index (χ3n) is 3.07. The van der Waals surface area contributed by atoms with Crippen LogP contribution in [0.5, 0.6) is 0 Å². The molecule has 1 amide bonds. The molecule has 0 aromatic rings. The summed E-state index contributed by atoms with van der Waals surface area (Å²) < 4.78 is 27.2. The lowest BCUT2D eigenvalue weighted by Gasteiger charge is -2.35. The first-order valence-corrected chi connectivity index (χ1v) is 8.98. The molecule has 8 nitrogen and oxygen atoms in total. The summed E-state index contributed by atoms with van der Waals surface area (Å²) in [5.41, 5.74) is 0. The van der Waals surface area contributed by atoms with Crippen molar-refractivity contribution in [2.75, 3.05) is 58.4 Å². The summed E-state index contributed by atoms with van der Waals surface area (Å²) in [6.07, 6.45) is 0.910. The van der Waals surface area contributed by atoms with Crippen LogP contribution in [0.2, 0.25) is 0 Å². The van der Waals surface area contributed by atoms with E-state index in [0.717, 1.165) is 0 Å². The molecule has 0 saturated carbocycles. The Kier molecular flexibility index (Phi) is 9.72. The average Bonchev–Trinajstić information content (AvgIpc) is 2.43. The zero-order valence-electron chi connectivity index (χ0n) is 13.2. The van der Waals surface area contributed by atoms with Gasteiger partial charge in [-0.15, -0.1) is 24.0 Å². The number of carbonyl (C=O) groups excluding carboxylic acids is 1. The van der Waals surface area contributed by atoms with Crippen LogP contribution in [0.4, 0.5) is 4.79 Å². The predicted molar refractivity (Wildman–Crippen MR) is 96.7 cm³/mol. The van der Waals surface area contributed by atoms with E-state index in [0.29, 0.717) is 45.3 Å². The minimum atomic E-state index is -2.99. The number of nitrogens with zero attached hydrogens (tertiary/aromatic N) is 3. The Labute approximate surface area is 149 Å². The van der Waals surface area contributed by atoms with Gasteiger partial charge >= 0.3 is 6.09 Å². The summed E-state index contributed by atoms with van der Waals surface area (Å²) in [5.74, 6) is 0.719. The molecular weight excluding hydrogens is 423 g/mol. The topological polar surface area (TPSA) is 91.3 Å². The van der Waals surface area contributed by atoms with Gasteiger partial charge < -0.3 is 19.9 Å². The second-order valence-corrected chi connectivity index (χ2v) is 7.04. The highest BCUT2D eigenvalue weighted by Crippen LogP contribution is 2.04. The number of nitrogens with one attached hydrogen (secondary N) is 1. The summed E-state index contributed by atoms with van der Waals surface area (Å²) in [6.45, 7) is 4.87. The number of piperazine rings is 1. The number of ether oxygens (including phenoxy) is 1. The normalized spacial score (nSPS) is 16.0. The lowest BCUT2D eigenvalue weighted by atomic mass is 10.3. The third kappa shape index (κ3) is 7.47. The van der Waals surface area contributed by atoms with Crippen molar-refractivity contribution >= 4 is 45.9 Å². The van der Waals surface area contributed by atoms with Crippen molar-refractivity contribution in [2.45, 2.75) is 6.92 Å². The Bertz CT molecular complexity index is 476. The van der Waals surface area contributed by atoms with Gasteiger partial charge in [0.05, 0.1) is 12.4 Å². The van der Waals surface area contributed by atoms with Crippen LogP contribution >= 0.6 is 24.0 Å². The van der Waals surface area contributed by atoms with Crippen LogP contribution in [0.1, 0.15) is 6.92 Å². The fraction of sp³-hybridized carbons (Fsp3) is 0.833. The molecule has 1 aliphatic rings. The molecule has 10 heteroatoms. The number of hydrogen-bond donors (Lipinski definition) is 1.